The van der Waals surface area contributed by atoms with Crippen molar-refractivity contribution in [2.45, 2.75) is 20.0 Å². The lowest BCUT2D eigenvalue weighted by Gasteiger charge is -2.23. The number of rotatable bonds is 8. The number of carbonyl (C=O) groups excluding carboxylic acids is 1. The molecule has 0 aromatic heterocycles. The van der Waals surface area contributed by atoms with Crippen LogP contribution in [0.25, 0.3) is 0 Å². The third kappa shape index (κ3) is 8.35. The number of hydrogen-bond acceptors (Lipinski definition) is 4. The number of aliphatic hydroxyl groups is 1. The van der Waals surface area contributed by atoms with Gasteiger partial charge in [0.25, 0.3) is 0 Å². The van der Waals surface area contributed by atoms with E-state index in [0.717, 1.165) is 13.1 Å². The Morgan fingerprint density at radius 3 is 2.73 bits per heavy atom. The highest BCUT2D eigenvalue weighted by Crippen LogP contribution is 1.92. The molecule has 90 valence electrons. The predicted molar refractivity (Wildman–Crippen MR) is 58.7 cm³/mol. The molecule has 0 aliphatic carbocycles. The lowest BCUT2D eigenvalue weighted by atomic mass is 10.3. The average Bonchev–Trinajstić information content (AvgIpc) is 2.21. The monoisotopic (exact) mass is 218 g/mol. The molecule has 0 heterocycles. The summed E-state index contributed by atoms with van der Waals surface area (Å²) < 4.78 is 4.96. The van der Waals surface area contributed by atoms with Gasteiger partial charge in [-0.1, -0.05) is 6.92 Å². The molecule has 0 aromatic rings. The number of likely N-dealkylation sites (N-methyl/N-ethyl adjacent to an activating group) is 1. The summed E-state index contributed by atoms with van der Waals surface area (Å²) in [4.78, 5) is 12.7. The van der Waals surface area contributed by atoms with Crippen LogP contribution in [0, 0.1) is 0 Å². The second-order valence-corrected chi connectivity index (χ2v) is 3.48. The normalized spacial score (nSPS) is 12.9. The number of nitrogens with zero attached hydrogens (tertiary/aromatic N) is 1. The number of amides is 1. The van der Waals surface area contributed by atoms with Crippen molar-refractivity contribution in [2.75, 3.05) is 39.9 Å². The first-order chi connectivity index (χ1) is 7.10. The third-order valence-corrected chi connectivity index (χ3v) is 2.11. The van der Waals surface area contributed by atoms with Crippen LogP contribution in [0.3, 0.4) is 0 Å². The van der Waals surface area contributed by atoms with E-state index < -0.39 is 6.10 Å². The molecule has 1 amide bonds. The molecule has 2 N–H and O–H groups in total. The summed E-state index contributed by atoms with van der Waals surface area (Å²) in [5, 5.41) is 12.2. The molecule has 0 spiro atoms. The van der Waals surface area contributed by atoms with Gasteiger partial charge in [-0.25, -0.2) is 0 Å². The quantitative estimate of drug-likeness (QED) is 0.574. The van der Waals surface area contributed by atoms with Gasteiger partial charge in [0, 0.05) is 33.7 Å². The Balaban J connectivity index is 3.69. The Morgan fingerprint density at radius 2 is 2.27 bits per heavy atom. The zero-order valence-electron chi connectivity index (χ0n) is 9.82. The van der Waals surface area contributed by atoms with Gasteiger partial charge in [0.05, 0.1) is 12.7 Å². The molecule has 0 aliphatic rings. The Kier molecular flexibility index (Phi) is 8.27. The fourth-order valence-corrected chi connectivity index (χ4v) is 1.22. The van der Waals surface area contributed by atoms with E-state index in [4.69, 9.17) is 4.74 Å². The molecule has 0 rings (SSSR count). The van der Waals surface area contributed by atoms with Crippen LogP contribution in [0.1, 0.15) is 13.8 Å². The second-order valence-electron chi connectivity index (χ2n) is 3.48. The van der Waals surface area contributed by atoms with E-state index in [1.54, 1.807) is 7.11 Å². The second kappa shape index (κ2) is 8.64. The van der Waals surface area contributed by atoms with E-state index in [2.05, 4.69) is 10.2 Å². The SMILES string of the molecule is CCN(CCOC)CC(O)CNC(C)=O. The van der Waals surface area contributed by atoms with E-state index in [0.29, 0.717) is 19.7 Å². The van der Waals surface area contributed by atoms with Gasteiger partial charge in [-0.2, -0.15) is 0 Å². The third-order valence-electron chi connectivity index (χ3n) is 2.11. The first kappa shape index (κ1) is 14.3. The molecule has 0 saturated carbocycles. The largest absolute Gasteiger partial charge is 0.390 e. The number of carbonyl (C=O) groups is 1. The summed E-state index contributed by atoms with van der Waals surface area (Å²) in [6.45, 7) is 6.64. The lowest BCUT2D eigenvalue weighted by Crippen LogP contribution is -2.40. The van der Waals surface area contributed by atoms with Crippen LogP contribution in [0.15, 0.2) is 0 Å². The van der Waals surface area contributed by atoms with Gasteiger partial charge in [0.2, 0.25) is 5.91 Å². The van der Waals surface area contributed by atoms with Crippen molar-refractivity contribution < 1.29 is 14.6 Å². The Morgan fingerprint density at radius 1 is 1.60 bits per heavy atom. The van der Waals surface area contributed by atoms with Gasteiger partial charge in [0.15, 0.2) is 0 Å². The predicted octanol–water partition coefficient (Wildman–Crippen LogP) is -0.548. The van der Waals surface area contributed by atoms with Gasteiger partial charge in [0.1, 0.15) is 0 Å². The molecule has 0 aromatic carbocycles. The molecule has 5 heteroatoms. The van der Waals surface area contributed by atoms with Crippen LogP contribution in [-0.2, 0) is 9.53 Å². The summed E-state index contributed by atoms with van der Waals surface area (Å²) in [6.07, 6.45) is -0.522. The zero-order chi connectivity index (χ0) is 11.7. The first-order valence-corrected chi connectivity index (χ1v) is 5.24. The van der Waals surface area contributed by atoms with Crippen molar-refractivity contribution in [2.24, 2.45) is 0 Å². The average molecular weight is 218 g/mol. The maximum absolute atomic E-state index is 10.6. The fourth-order valence-electron chi connectivity index (χ4n) is 1.22. The maximum Gasteiger partial charge on any atom is 0.216 e. The van der Waals surface area contributed by atoms with Gasteiger partial charge in [-0.3, -0.25) is 9.69 Å². The van der Waals surface area contributed by atoms with E-state index in [1.807, 2.05) is 6.92 Å². The molecular formula is C10H22N2O3. The van der Waals surface area contributed by atoms with E-state index in [9.17, 15) is 9.90 Å². The lowest BCUT2D eigenvalue weighted by molar-refractivity contribution is -0.119. The summed E-state index contributed by atoms with van der Waals surface area (Å²) in [5.74, 6) is -0.117. The van der Waals surface area contributed by atoms with Crippen molar-refractivity contribution in [3.05, 3.63) is 0 Å². The number of nitrogens with one attached hydrogen (secondary N) is 1. The molecular weight excluding hydrogens is 196 g/mol. The summed E-state index contributed by atoms with van der Waals surface area (Å²) in [5.41, 5.74) is 0. The van der Waals surface area contributed by atoms with E-state index in [1.165, 1.54) is 6.92 Å². The van der Waals surface area contributed by atoms with E-state index >= 15 is 0 Å². The van der Waals surface area contributed by atoms with Crippen LogP contribution in [0.2, 0.25) is 0 Å². The van der Waals surface area contributed by atoms with E-state index in [-0.39, 0.29) is 5.91 Å². The van der Waals surface area contributed by atoms with Gasteiger partial charge in [-0.05, 0) is 6.54 Å². The minimum absolute atomic E-state index is 0.117. The highest BCUT2D eigenvalue weighted by Gasteiger charge is 2.10. The van der Waals surface area contributed by atoms with Crippen LogP contribution in [0.4, 0.5) is 0 Å². The highest BCUT2D eigenvalue weighted by molar-refractivity contribution is 5.72. The van der Waals surface area contributed by atoms with Crippen LogP contribution >= 0.6 is 0 Å². The number of methoxy groups -OCH3 is 1. The van der Waals surface area contributed by atoms with Crippen LogP contribution in [-0.4, -0.2) is 61.9 Å². The van der Waals surface area contributed by atoms with Crippen LogP contribution < -0.4 is 5.32 Å². The standard InChI is InChI=1S/C10H22N2O3/c1-4-12(5-6-15-3)8-10(14)7-11-9(2)13/h10,14H,4-8H2,1-3H3,(H,11,13). The maximum atomic E-state index is 10.6. The Hall–Kier alpha value is -0.650. The highest BCUT2D eigenvalue weighted by atomic mass is 16.5. The number of ether oxygens (including phenoxy) is 1. The molecule has 1 atom stereocenters. The fraction of sp³-hybridized carbons (Fsp3) is 0.900. The van der Waals surface area contributed by atoms with Gasteiger partial charge >= 0.3 is 0 Å². The molecule has 0 aliphatic heterocycles. The number of hydrogen-bond donors (Lipinski definition) is 2. The van der Waals surface area contributed by atoms with Crippen molar-refractivity contribution >= 4 is 5.91 Å². The molecule has 0 fully saturated rings. The molecule has 1 unspecified atom stereocenters. The smallest absolute Gasteiger partial charge is 0.216 e. The molecule has 0 radical (unpaired) electrons. The van der Waals surface area contributed by atoms with Crippen molar-refractivity contribution in [3.63, 3.8) is 0 Å². The Labute approximate surface area is 91.4 Å². The summed E-state index contributed by atoms with van der Waals surface area (Å²) in [7, 11) is 1.65. The first-order valence-electron chi connectivity index (χ1n) is 5.24. The minimum atomic E-state index is -0.522. The minimum Gasteiger partial charge on any atom is -0.390 e. The van der Waals surface area contributed by atoms with Crippen molar-refractivity contribution in [1.82, 2.24) is 10.2 Å². The molecule has 15 heavy (non-hydrogen) atoms. The van der Waals surface area contributed by atoms with Crippen LogP contribution in [0.5, 0.6) is 0 Å². The molecule has 5 nitrogen and oxygen atoms in total. The van der Waals surface area contributed by atoms with Crippen molar-refractivity contribution in [3.8, 4) is 0 Å². The zero-order valence-corrected chi connectivity index (χ0v) is 9.82. The van der Waals surface area contributed by atoms with Crippen molar-refractivity contribution in [1.29, 1.82) is 0 Å². The topological polar surface area (TPSA) is 61.8 Å². The van der Waals surface area contributed by atoms with Gasteiger partial charge in [-0.15, -0.1) is 0 Å². The molecule has 0 saturated heterocycles. The Bertz CT molecular complexity index is 176. The summed E-state index contributed by atoms with van der Waals surface area (Å²) in [6, 6.07) is 0. The summed E-state index contributed by atoms with van der Waals surface area (Å²) >= 11 is 0. The number of aliphatic hydroxyl groups excluding tert-OH is 1. The molecule has 0 bridgehead atoms. The van der Waals surface area contributed by atoms with Gasteiger partial charge < -0.3 is 15.2 Å².